The van der Waals surface area contributed by atoms with E-state index in [0.29, 0.717) is 22.2 Å². The Morgan fingerprint density at radius 3 is 2.81 bits per heavy atom. The summed E-state index contributed by atoms with van der Waals surface area (Å²) in [5, 5.41) is 9.96. The summed E-state index contributed by atoms with van der Waals surface area (Å²) >= 11 is 7.96. The predicted octanol–water partition coefficient (Wildman–Crippen LogP) is 4.54. The van der Waals surface area contributed by atoms with Gasteiger partial charge in [-0.25, -0.2) is 9.78 Å². The molecule has 3 aromatic rings. The van der Waals surface area contributed by atoms with Crippen LogP contribution in [0.1, 0.15) is 45.5 Å². The summed E-state index contributed by atoms with van der Waals surface area (Å²) < 4.78 is 0. The van der Waals surface area contributed by atoms with Crippen LogP contribution in [0, 0.1) is 5.92 Å². The Hall–Kier alpha value is -2.44. The average Bonchev–Trinajstić information content (AvgIpc) is 2.99. The van der Waals surface area contributed by atoms with Crippen LogP contribution in [0.5, 0.6) is 0 Å². The van der Waals surface area contributed by atoms with Crippen LogP contribution >= 0.6 is 22.9 Å². The number of carboxylic acid groups (broad SMARTS) is 1. The van der Waals surface area contributed by atoms with Gasteiger partial charge in [-0.15, -0.1) is 11.3 Å². The molecule has 1 aromatic carbocycles. The molecule has 0 aliphatic heterocycles. The molecule has 1 aliphatic rings. The Kier molecular flexibility index (Phi) is 4.61. The average molecular weight is 401 g/mol. The first-order valence-electron chi connectivity index (χ1n) is 8.68. The number of hydrogen-bond acceptors (Lipinski definition) is 4. The van der Waals surface area contributed by atoms with Crippen molar-refractivity contribution in [3.8, 4) is 0 Å². The molecule has 0 bridgehead atoms. The summed E-state index contributed by atoms with van der Waals surface area (Å²) in [5.74, 6) is -0.0337. The lowest BCUT2D eigenvalue weighted by atomic mass is 9.89. The number of H-pyrrole nitrogens is 1. The van der Waals surface area contributed by atoms with Gasteiger partial charge in [-0.2, -0.15) is 0 Å². The third-order valence-corrected chi connectivity index (χ3v) is 6.28. The zero-order chi connectivity index (χ0) is 19.1. The molecular formula is C20H17ClN2O3S. The Morgan fingerprint density at radius 1 is 1.37 bits per heavy atom. The molecule has 2 aromatic heterocycles. The van der Waals surface area contributed by atoms with Gasteiger partial charge in [0.1, 0.15) is 4.83 Å². The van der Waals surface area contributed by atoms with Crippen LogP contribution in [0.3, 0.4) is 0 Å². The topological polar surface area (TPSA) is 83.0 Å². The Morgan fingerprint density at radius 2 is 2.11 bits per heavy atom. The lowest BCUT2D eigenvalue weighted by molar-refractivity contribution is 0.0697. The van der Waals surface area contributed by atoms with Crippen molar-refractivity contribution >= 4 is 50.2 Å². The van der Waals surface area contributed by atoms with Crippen LogP contribution in [-0.2, 0) is 12.8 Å². The van der Waals surface area contributed by atoms with Gasteiger partial charge in [0.05, 0.1) is 16.0 Å². The quantitative estimate of drug-likeness (QED) is 0.675. The van der Waals surface area contributed by atoms with Crippen LogP contribution in [0.25, 0.3) is 21.3 Å². The number of carboxylic acids is 1. The smallest absolute Gasteiger partial charge is 0.335 e. The normalized spacial score (nSPS) is 17.1. The first-order chi connectivity index (χ1) is 12.9. The number of aromatic carboxylic acids is 1. The second-order valence-electron chi connectivity index (χ2n) is 6.87. The minimum absolute atomic E-state index is 0.158. The zero-order valence-corrected chi connectivity index (χ0v) is 16.2. The fourth-order valence-corrected chi connectivity index (χ4v) is 5.00. The maximum Gasteiger partial charge on any atom is 0.335 e. The van der Waals surface area contributed by atoms with Crippen LogP contribution in [0.4, 0.5) is 0 Å². The maximum absolute atomic E-state index is 12.7. The first-order valence-corrected chi connectivity index (χ1v) is 9.87. The third kappa shape index (κ3) is 3.42. The van der Waals surface area contributed by atoms with E-state index in [1.54, 1.807) is 29.5 Å². The summed E-state index contributed by atoms with van der Waals surface area (Å²) in [4.78, 5) is 32.9. The fraction of sp³-hybridized carbons (Fsp3) is 0.250. The number of rotatable bonds is 3. The van der Waals surface area contributed by atoms with E-state index >= 15 is 0 Å². The first kappa shape index (κ1) is 17.9. The van der Waals surface area contributed by atoms with Crippen LogP contribution in [-0.4, -0.2) is 21.0 Å². The van der Waals surface area contributed by atoms with Crippen molar-refractivity contribution in [2.45, 2.75) is 26.2 Å². The van der Waals surface area contributed by atoms with Crippen molar-refractivity contribution in [3.63, 3.8) is 0 Å². The summed E-state index contributed by atoms with van der Waals surface area (Å²) in [7, 11) is 0. The Balaban J connectivity index is 1.73. The largest absolute Gasteiger partial charge is 0.478 e. The number of fused-ring (bicyclic) bond motifs is 3. The lowest BCUT2D eigenvalue weighted by Crippen LogP contribution is -2.14. The van der Waals surface area contributed by atoms with Gasteiger partial charge in [-0.3, -0.25) is 4.79 Å². The van der Waals surface area contributed by atoms with E-state index in [1.807, 2.05) is 0 Å². The van der Waals surface area contributed by atoms with Crippen LogP contribution < -0.4 is 5.56 Å². The summed E-state index contributed by atoms with van der Waals surface area (Å²) in [6, 6.07) is 6.33. The van der Waals surface area contributed by atoms with Gasteiger partial charge < -0.3 is 10.1 Å². The molecule has 2 heterocycles. The minimum atomic E-state index is -0.982. The molecule has 138 valence electrons. The molecule has 0 saturated carbocycles. The highest BCUT2D eigenvalue weighted by molar-refractivity contribution is 7.18. The number of thiophene rings is 1. The molecule has 7 heteroatoms. The molecule has 0 unspecified atom stereocenters. The molecule has 5 nitrogen and oxygen atoms in total. The molecule has 27 heavy (non-hydrogen) atoms. The lowest BCUT2D eigenvalue weighted by Gasteiger charge is -2.17. The van der Waals surface area contributed by atoms with E-state index in [1.165, 1.54) is 17.0 Å². The summed E-state index contributed by atoms with van der Waals surface area (Å²) in [6.07, 6.45) is 4.66. The molecular weight excluding hydrogens is 384 g/mol. The highest BCUT2D eigenvalue weighted by Gasteiger charge is 2.23. The number of aromatic amines is 1. The molecule has 0 saturated heterocycles. The number of halogens is 1. The number of aromatic nitrogens is 2. The van der Waals surface area contributed by atoms with Gasteiger partial charge in [-0.1, -0.05) is 30.7 Å². The molecule has 0 fully saturated rings. The van der Waals surface area contributed by atoms with E-state index in [4.69, 9.17) is 16.7 Å². The van der Waals surface area contributed by atoms with Gasteiger partial charge in [0.15, 0.2) is 5.82 Å². The molecule has 1 atom stereocenters. The molecule has 0 amide bonds. The molecule has 0 radical (unpaired) electrons. The highest BCUT2D eigenvalue weighted by Crippen LogP contribution is 2.36. The van der Waals surface area contributed by atoms with Crippen molar-refractivity contribution in [1.29, 1.82) is 0 Å². The monoisotopic (exact) mass is 400 g/mol. The van der Waals surface area contributed by atoms with Gasteiger partial charge in [0.25, 0.3) is 5.56 Å². The summed E-state index contributed by atoms with van der Waals surface area (Å²) in [6.45, 7) is 2.23. The third-order valence-electron chi connectivity index (χ3n) is 4.84. The SMILES string of the molecule is C[C@@H]1CCc2c(sc3nc(/C(Cl)=C/c4ccc(C(=O)O)cc4)[nH]c(=O)c23)C1. The molecule has 0 spiro atoms. The molecule has 1 aliphatic carbocycles. The number of carbonyl (C=O) groups is 1. The van der Waals surface area contributed by atoms with E-state index in [9.17, 15) is 9.59 Å². The minimum Gasteiger partial charge on any atom is -0.478 e. The van der Waals surface area contributed by atoms with E-state index in [2.05, 4.69) is 16.9 Å². The number of hydrogen-bond donors (Lipinski definition) is 2. The second-order valence-corrected chi connectivity index (χ2v) is 8.36. The van der Waals surface area contributed by atoms with E-state index < -0.39 is 5.97 Å². The van der Waals surface area contributed by atoms with Gasteiger partial charge in [0.2, 0.25) is 0 Å². The second kappa shape index (κ2) is 6.94. The van der Waals surface area contributed by atoms with Crippen molar-refractivity contribution in [1.82, 2.24) is 9.97 Å². The highest BCUT2D eigenvalue weighted by atomic mass is 35.5. The molecule has 4 rings (SSSR count). The fourth-order valence-electron chi connectivity index (χ4n) is 3.40. The Bertz CT molecular complexity index is 1130. The predicted molar refractivity (Wildman–Crippen MR) is 109 cm³/mol. The van der Waals surface area contributed by atoms with Crippen molar-refractivity contribution in [3.05, 3.63) is 62.0 Å². The standard InChI is InChI=1S/C20H17ClN2O3S/c1-10-2-7-13-15(8-10)27-19-16(13)18(24)22-17(23-19)14(21)9-11-3-5-12(6-4-11)20(25)26/h3-6,9-10H,2,7-8H2,1H3,(H,25,26)(H,22,23,24)/b14-9-/t10-/m1/s1. The number of nitrogens with one attached hydrogen (secondary N) is 1. The van der Waals surface area contributed by atoms with Crippen LogP contribution in [0.15, 0.2) is 29.1 Å². The van der Waals surface area contributed by atoms with Gasteiger partial charge in [-0.05, 0) is 54.5 Å². The van der Waals surface area contributed by atoms with Crippen molar-refractivity contribution in [2.24, 2.45) is 5.92 Å². The molecule has 2 N–H and O–H groups in total. The zero-order valence-electron chi connectivity index (χ0n) is 14.6. The van der Waals surface area contributed by atoms with Gasteiger partial charge >= 0.3 is 5.97 Å². The van der Waals surface area contributed by atoms with E-state index in [0.717, 1.165) is 35.2 Å². The number of benzene rings is 1. The number of nitrogens with zero attached hydrogens (tertiary/aromatic N) is 1. The van der Waals surface area contributed by atoms with Gasteiger partial charge in [0, 0.05) is 4.88 Å². The van der Waals surface area contributed by atoms with Crippen molar-refractivity contribution < 1.29 is 9.90 Å². The van der Waals surface area contributed by atoms with Crippen molar-refractivity contribution in [2.75, 3.05) is 0 Å². The number of aryl methyl sites for hydroxylation is 1. The maximum atomic E-state index is 12.7. The Labute approximate surface area is 164 Å². The van der Waals surface area contributed by atoms with Crippen LogP contribution in [0.2, 0.25) is 0 Å². The summed E-state index contributed by atoms with van der Waals surface area (Å²) in [5.41, 5.74) is 1.91. The van der Waals surface area contributed by atoms with E-state index in [-0.39, 0.29) is 11.1 Å².